The second kappa shape index (κ2) is 7.60. The van der Waals surface area contributed by atoms with E-state index in [4.69, 9.17) is 0 Å². The lowest BCUT2D eigenvalue weighted by molar-refractivity contribution is 0.170. The summed E-state index contributed by atoms with van der Waals surface area (Å²) in [6, 6.07) is 5.61. The lowest BCUT2D eigenvalue weighted by atomic mass is 10.2. The topological polar surface area (TPSA) is 34.6 Å². The van der Waals surface area contributed by atoms with Gasteiger partial charge in [-0.05, 0) is 31.9 Å². The van der Waals surface area contributed by atoms with Crippen molar-refractivity contribution in [3.63, 3.8) is 0 Å². The summed E-state index contributed by atoms with van der Waals surface area (Å²) in [5.41, 5.74) is 1.33. The first-order valence-electron chi connectivity index (χ1n) is 8.98. The summed E-state index contributed by atoms with van der Waals surface area (Å²) in [5, 5.41) is 3.44. The van der Waals surface area contributed by atoms with Crippen LogP contribution in [0.1, 0.15) is 25.8 Å². The Hall–Kier alpha value is -1.17. The SMILES string of the molecule is CC(C)N(C)c1ccc(CN2CCC(N3CCNCC3)C2)cn1. The quantitative estimate of drug-likeness (QED) is 0.888. The minimum Gasteiger partial charge on any atom is -0.357 e. The number of pyridine rings is 1. The Bertz CT molecular complexity index is 481. The molecule has 0 bridgehead atoms. The van der Waals surface area contributed by atoms with Crippen molar-refractivity contribution < 1.29 is 0 Å². The molecule has 2 aliphatic heterocycles. The predicted octanol–water partition coefficient (Wildman–Crippen LogP) is 1.41. The highest BCUT2D eigenvalue weighted by Crippen LogP contribution is 2.19. The lowest BCUT2D eigenvalue weighted by Gasteiger charge is -2.32. The van der Waals surface area contributed by atoms with E-state index in [-0.39, 0.29) is 0 Å². The maximum absolute atomic E-state index is 4.63. The molecule has 1 aromatic rings. The molecule has 3 heterocycles. The molecule has 1 aromatic heterocycles. The Balaban J connectivity index is 1.52. The van der Waals surface area contributed by atoms with E-state index in [0.717, 1.165) is 31.5 Å². The number of rotatable bonds is 5. The molecule has 5 nitrogen and oxygen atoms in total. The standard InChI is InChI=1S/C18H31N5/c1-15(2)21(3)18-5-4-16(12-20-18)13-22-9-6-17(14-22)23-10-7-19-8-11-23/h4-5,12,15,17,19H,6-11,13-14H2,1-3H3. The molecule has 1 N–H and O–H groups in total. The van der Waals surface area contributed by atoms with Gasteiger partial charge in [0.2, 0.25) is 0 Å². The smallest absolute Gasteiger partial charge is 0.128 e. The van der Waals surface area contributed by atoms with Gasteiger partial charge in [-0.15, -0.1) is 0 Å². The van der Waals surface area contributed by atoms with Crippen LogP contribution in [0.25, 0.3) is 0 Å². The number of aromatic nitrogens is 1. The molecule has 0 amide bonds. The van der Waals surface area contributed by atoms with E-state index < -0.39 is 0 Å². The molecule has 0 aromatic carbocycles. The summed E-state index contributed by atoms with van der Waals surface area (Å²) in [7, 11) is 2.10. The van der Waals surface area contributed by atoms with Crippen molar-refractivity contribution in [1.29, 1.82) is 0 Å². The zero-order chi connectivity index (χ0) is 16.2. The van der Waals surface area contributed by atoms with Crippen LogP contribution >= 0.6 is 0 Å². The fourth-order valence-corrected chi connectivity index (χ4v) is 3.54. The number of nitrogens with one attached hydrogen (secondary N) is 1. The maximum atomic E-state index is 4.63. The largest absolute Gasteiger partial charge is 0.357 e. The molecule has 3 rings (SSSR count). The van der Waals surface area contributed by atoms with E-state index in [2.05, 4.69) is 58.0 Å². The van der Waals surface area contributed by atoms with Crippen LogP contribution in [-0.2, 0) is 6.54 Å². The summed E-state index contributed by atoms with van der Waals surface area (Å²) in [5.74, 6) is 1.06. The number of anilines is 1. The monoisotopic (exact) mass is 317 g/mol. The lowest BCUT2D eigenvalue weighted by Crippen LogP contribution is -2.49. The second-order valence-electron chi connectivity index (χ2n) is 7.19. The van der Waals surface area contributed by atoms with Gasteiger partial charge in [-0.25, -0.2) is 4.98 Å². The molecule has 0 spiro atoms. The van der Waals surface area contributed by atoms with Crippen molar-refractivity contribution in [2.75, 3.05) is 51.2 Å². The van der Waals surface area contributed by atoms with Gasteiger partial charge in [0.25, 0.3) is 0 Å². The summed E-state index contributed by atoms with van der Waals surface area (Å²) >= 11 is 0. The van der Waals surface area contributed by atoms with E-state index in [0.29, 0.717) is 6.04 Å². The molecule has 2 saturated heterocycles. The van der Waals surface area contributed by atoms with Gasteiger partial charge in [0.15, 0.2) is 0 Å². The molecule has 0 aliphatic carbocycles. The van der Waals surface area contributed by atoms with E-state index in [1.165, 1.54) is 38.2 Å². The molecule has 0 saturated carbocycles. The van der Waals surface area contributed by atoms with Gasteiger partial charge in [0.05, 0.1) is 0 Å². The van der Waals surface area contributed by atoms with Crippen molar-refractivity contribution in [2.45, 2.75) is 38.9 Å². The van der Waals surface area contributed by atoms with Gasteiger partial charge in [-0.3, -0.25) is 9.80 Å². The Labute approximate surface area is 140 Å². The third-order valence-corrected chi connectivity index (χ3v) is 5.27. The summed E-state index contributed by atoms with van der Waals surface area (Å²) in [4.78, 5) is 12.1. The van der Waals surface area contributed by atoms with Gasteiger partial charge in [-0.2, -0.15) is 0 Å². The van der Waals surface area contributed by atoms with Crippen LogP contribution in [-0.4, -0.2) is 73.2 Å². The van der Waals surface area contributed by atoms with Crippen LogP contribution in [0, 0.1) is 0 Å². The molecular formula is C18H31N5. The van der Waals surface area contributed by atoms with Gasteiger partial charge in [-0.1, -0.05) is 6.07 Å². The van der Waals surface area contributed by atoms with Crippen molar-refractivity contribution in [2.24, 2.45) is 0 Å². The molecule has 5 heteroatoms. The van der Waals surface area contributed by atoms with Gasteiger partial charge in [0, 0.05) is 71.1 Å². The van der Waals surface area contributed by atoms with Crippen LogP contribution in [0.3, 0.4) is 0 Å². The van der Waals surface area contributed by atoms with E-state index in [9.17, 15) is 0 Å². The number of nitrogens with zero attached hydrogens (tertiary/aromatic N) is 4. The Morgan fingerprint density at radius 2 is 2.04 bits per heavy atom. The third-order valence-electron chi connectivity index (χ3n) is 5.27. The fourth-order valence-electron chi connectivity index (χ4n) is 3.54. The highest BCUT2D eigenvalue weighted by molar-refractivity contribution is 5.39. The number of hydrogen-bond acceptors (Lipinski definition) is 5. The Kier molecular flexibility index (Phi) is 5.51. The molecule has 1 atom stereocenters. The predicted molar refractivity (Wildman–Crippen MR) is 95.9 cm³/mol. The van der Waals surface area contributed by atoms with Crippen LogP contribution in [0.4, 0.5) is 5.82 Å². The first kappa shape index (κ1) is 16.7. The molecule has 128 valence electrons. The van der Waals surface area contributed by atoms with Crippen molar-refractivity contribution >= 4 is 5.82 Å². The van der Waals surface area contributed by atoms with Crippen molar-refractivity contribution in [3.05, 3.63) is 23.9 Å². The average Bonchev–Trinajstić information content (AvgIpc) is 3.04. The fraction of sp³-hybridized carbons (Fsp3) is 0.722. The highest BCUT2D eigenvalue weighted by Gasteiger charge is 2.28. The normalized spacial score (nSPS) is 23.6. The molecular weight excluding hydrogens is 286 g/mol. The van der Waals surface area contributed by atoms with E-state index in [1.807, 2.05) is 6.20 Å². The van der Waals surface area contributed by atoms with Gasteiger partial charge < -0.3 is 10.2 Å². The Morgan fingerprint density at radius 3 is 2.70 bits per heavy atom. The first-order chi connectivity index (χ1) is 11.1. The van der Waals surface area contributed by atoms with Gasteiger partial charge >= 0.3 is 0 Å². The summed E-state index contributed by atoms with van der Waals surface area (Å²) < 4.78 is 0. The maximum Gasteiger partial charge on any atom is 0.128 e. The van der Waals surface area contributed by atoms with Crippen LogP contribution < -0.4 is 10.2 Å². The molecule has 1 unspecified atom stereocenters. The Morgan fingerprint density at radius 1 is 1.26 bits per heavy atom. The van der Waals surface area contributed by atoms with Crippen molar-refractivity contribution in [1.82, 2.24) is 20.1 Å². The van der Waals surface area contributed by atoms with Crippen LogP contribution in [0.2, 0.25) is 0 Å². The molecule has 2 aliphatic rings. The highest BCUT2D eigenvalue weighted by atomic mass is 15.3. The summed E-state index contributed by atoms with van der Waals surface area (Å²) in [6.45, 7) is 12.5. The van der Waals surface area contributed by atoms with E-state index in [1.54, 1.807) is 0 Å². The van der Waals surface area contributed by atoms with Crippen molar-refractivity contribution in [3.8, 4) is 0 Å². The minimum atomic E-state index is 0.478. The zero-order valence-electron chi connectivity index (χ0n) is 14.8. The van der Waals surface area contributed by atoms with E-state index >= 15 is 0 Å². The first-order valence-corrected chi connectivity index (χ1v) is 8.98. The van der Waals surface area contributed by atoms with Crippen LogP contribution in [0.5, 0.6) is 0 Å². The molecule has 23 heavy (non-hydrogen) atoms. The third kappa shape index (κ3) is 4.22. The molecule has 2 fully saturated rings. The zero-order valence-corrected chi connectivity index (χ0v) is 14.8. The van der Waals surface area contributed by atoms with Crippen LogP contribution in [0.15, 0.2) is 18.3 Å². The average molecular weight is 317 g/mol. The number of hydrogen-bond donors (Lipinski definition) is 1. The number of likely N-dealkylation sites (tertiary alicyclic amines) is 1. The number of piperazine rings is 1. The van der Waals surface area contributed by atoms with Gasteiger partial charge in [0.1, 0.15) is 5.82 Å². The second-order valence-corrected chi connectivity index (χ2v) is 7.19. The minimum absolute atomic E-state index is 0.478. The summed E-state index contributed by atoms with van der Waals surface area (Å²) in [6.07, 6.45) is 3.36. The molecule has 0 radical (unpaired) electrons.